The molecule has 0 spiro atoms. The van der Waals surface area contributed by atoms with E-state index in [0.29, 0.717) is 12.4 Å². The number of pyridine rings is 1. The average molecular weight is 273 g/mol. The van der Waals surface area contributed by atoms with E-state index in [-0.39, 0.29) is 5.69 Å². The fourth-order valence-corrected chi connectivity index (χ4v) is 1.67. The predicted molar refractivity (Wildman–Crippen MR) is 75.8 cm³/mol. The van der Waals surface area contributed by atoms with Gasteiger partial charge in [-0.3, -0.25) is 10.1 Å². The summed E-state index contributed by atoms with van der Waals surface area (Å²) in [6.07, 6.45) is 1.71. The third-order valence-corrected chi connectivity index (χ3v) is 2.64. The fourth-order valence-electron chi connectivity index (χ4n) is 1.67. The van der Waals surface area contributed by atoms with Gasteiger partial charge in [0, 0.05) is 24.9 Å². The van der Waals surface area contributed by atoms with E-state index in [9.17, 15) is 10.1 Å². The minimum atomic E-state index is -0.435. The lowest BCUT2D eigenvalue weighted by atomic mass is 10.2. The Hall–Kier alpha value is -2.63. The number of nitrogens with zero attached hydrogens (tertiary/aromatic N) is 2. The summed E-state index contributed by atoms with van der Waals surface area (Å²) in [4.78, 5) is 14.3. The number of rotatable bonds is 6. The Morgan fingerprint density at radius 2 is 2.05 bits per heavy atom. The first-order valence-corrected chi connectivity index (χ1v) is 6.25. The number of anilines is 1. The average Bonchev–Trinajstić information content (AvgIpc) is 2.46. The molecular weight excluding hydrogens is 258 g/mol. The van der Waals surface area contributed by atoms with E-state index in [1.54, 1.807) is 18.3 Å². The van der Waals surface area contributed by atoms with Gasteiger partial charge in [0.15, 0.2) is 0 Å². The molecule has 1 heterocycles. The van der Waals surface area contributed by atoms with E-state index in [1.807, 2.05) is 19.1 Å². The van der Waals surface area contributed by atoms with Crippen LogP contribution in [-0.2, 0) is 6.61 Å². The van der Waals surface area contributed by atoms with Crippen molar-refractivity contribution >= 4 is 11.5 Å². The molecule has 0 fully saturated rings. The fraction of sp³-hybridized carbons (Fsp3) is 0.214. The molecule has 0 saturated heterocycles. The van der Waals surface area contributed by atoms with Crippen LogP contribution in [0.15, 0.2) is 42.6 Å². The normalized spacial score (nSPS) is 10.1. The Morgan fingerprint density at radius 1 is 1.30 bits per heavy atom. The molecule has 0 saturated carbocycles. The number of aromatic nitrogens is 1. The zero-order chi connectivity index (χ0) is 14.4. The SMILES string of the molecule is CCNc1cc(COc2ccc([N+](=O)[O-])cc2)ccn1. The van der Waals surface area contributed by atoms with E-state index < -0.39 is 4.92 Å². The lowest BCUT2D eigenvalue weighted by molar-refractivity contribution is -0.384. The summed E-state index contributed by atoms with van der Waals surface area (Å²) in [7, 11) is 0. The summed E-state index contributed by atoms with van der Waals surface area (Å²) in [6, 6.07) is 9.80. The number of benzene rings is 1. The predicted octanol–water partition coefficient (Wildman–Crippen LogP) is 3.00. The second kappa shape index (κ2) is 6.51. The second-order valence-corrected chi connectivity index (χ2v) is 4.12. The number of ether oxygens (including phenoxy) is 1. The molecule has 0 aliphatic heterocycles. The van der Waals surface area contributed by atoms with Crippen molar-refractivity contribution in [3.05, 3.63) is 58.3 Å². The molecule has 6 nitrogen and oxygen atoms in total. The van der Waals surface area contributed by atoms with Gasteiger partial charge in [-0.05, 0) is 36.8 Å². The minimum Gasteiger partial charge on any atom is -0.489 e. The Morgan fingerprint density at radius 3 is 2.70 bits per heavy atom. The molecule has 0 aliphatic rings. The van der Waals surface area contributed by atoms with Gasteiger partial charge < -0.3 is 10.1 Å². The van der Waals surface area contributed by atoms with Crippen LogP contribution >= 0.6 is 0 Å². The highest BCUT2D eigenvalue weighted by atomic mass is 16.6. The maximum atomic E-state index is 10.5. The highest BCUT2D eigenvalue weighted by Crippen LogP contribution is 2.18. The lowest BCUT2D eigenvalue weighted by Crippen LogP contribution is -2.01. The molecule has 0 amide bonds. The van der Waals surface area contributed by atoms with Gasteiger partial charge in [0.25, 0.3) is 5.69 Å². The Labute approximate surface area is 116 Å². The van der Waals surface area contributed by atoms with Crippen molar-refractivity contribution in [2.45, 2.75) is 13.5 Å². The standard InChI is InChI=1S/C14H15N3O3/c1-2-15-14-9-11(7-8-16-14)10-20-13-5-3-12(4-6-13)17(18)19/h3-9H,2,10H2,1H3,(H,15,16). The van der Waals surface area contributed by atoms with Crippen LogP contribution in [0.2, 0.25) is 0 Å². The third-order valence-electron chi connectivity index (χ3n) is 2.64. The van der Waals surface area contributed by atoms with E-state index in [2.05, 4.69) is 10.3 Å². The minimum absolute atomic E-state index is 0.0516. The first kappa shape index (κ1) is 13.8. The van der Waals surface area contributed by atoms with E-state index in [4.69, 9.17) is 4.74 Å². The summed E-state index contributed by atoms with van der Waals surface area (Å²) in [5, 5.41) is 13.7. The molecule has 0 aliphatic carbocycles. The Bertz CT molecular complexity index is 584. The van der Waals surface area contributed by atoms with Crippen molar-refractivity contribution in [1.82, 2.24) is 4.98 Å². The lowest BCUT2D eigenvalue weighted by Gasteiger charge is -2.07. The summed E-state index contributed by atoms with van der Waals surface area (Å²) in [5.41, 5.74) is 1.03. The van der Waals surface area contributed by atoms with Crippen molar-refractivity contribution in [3.63, 3.8) is 0 Å². The maximum absolute atomic E-state index is 10.5. The van der Waals surface area contributed by atoms with Crippen LogP contribution in [0.4, 0.5) is 11.5 Å². The van der Waals surface area contributed by atoms with Gasteiger partial charge in [-0.15, -0.1) is 0 Å². The molecule has 2 aromatic rings. The van der Waals surface area contributed by atoms with Crippen LogP contribution < -0.4 is 10.1 Å². The summed E-state index contributed by atoms with van der Waals surface area (Å²) >= 11 is 0. The van der Waals surface area contributed by atoms with Gasteiger partial charge in [-0.25, -0.2) is 4.98 Å². The van der Waals surface area contributed by atoms with E-state index in [0.717, 1.165) is 17.9 Å². The smallest absolute Gasteiger partial charge is 0.269 e. The van der Waals surface area contributed by atoms with E-state index in [1.165, 1.54) is 12.1 Å². The van der Waals surface area contributed by atoms with Crippen LogP contribution in [0.25, 0.3) is 0 Å². The summed E-state index contributed by atoms with van der Waals surface area (Å²) in [5.74, 6) is 1.40. The highest BCUT2D eigenvalue weighted by Gasteiger charge is 2.04. The molecule has 20 heavy (non-hydrogen) atoms. The van der Waals surface area contributed by atoms with Crippen LogP contribution in [0.1, 0.15) is 12.5 Å². The van der Waals surface area contributed by atoms with Crippen LogP contribution in [0, 0.1) is 10.1 Å². The molecule has 0 bridgehead atoms. The summed E-state index contributed by atoms with van der Waals surface area (Å²) in [6.45, 7) is 3.19. The van der Waals surface area contributed by atoms with Gasteiger partial charge in [0.2, 0.25) is 0 Å². The number of nitrogens with one attached hydrogen (secondary N) is 1. The van der Waals surface area contributed by atoms with Crippen LogP contribution in [0.3, 0.4) is 0 Å². The zero-order valence-corrected chi connectivity index (χ0v) is 11.1. The molecule has 1 N–H and O–H groups in total. The molecule has 104 valence electrons. The molecule has 2 rings (SSSR count). The van der Waals surface area contributed by atoms with Gasteiger partial charge in [-0.2, -0.15) is 0 Å². The largest absolute Gasteiger partial charge is 0.489 e. The second-order valence-electron chi connectivity index (χ2n) is 4.12. The Balaban J connectivity index is 1.97. The molecule has 6 heteroatoms. The number of hydrogen-bond acceptors (Lipinski definition) is 5. The van der Waals surface area contributed by atoms with Crippen LogP contribution in [0.5, 0.6) is 5.75 Å². The van der Waals surface area contributed by atoms with Crippen molar-refractivity contribution in [1.29, 1.82) is 0 Å². The Kier molecular flexibility index (Phi) is 4.49. The molecule has 1 aromatic heterocycles. The van der Waals surface area contributed by atoms with E-state index >= 15 is 0 Å². The topological polar surface area (TPSA) is 77.3 Å². The van der Waals surface area contributed by atoms with Crippen molar-refractivity contribution in [2.24, 2.45) is 0 Å². The first-order valence-electron chi connectivity index (χ1n) is 6.25. The van der Waals surface area contributed by atoms with Gasteiger partial charge in [0.1, 0.15) is 18.2 Å². The monoisotopic (exact) mass is 273 g/mol. The first-order chi connectivity index (χ1) is 9.69. The highest BCUT2D eigenvalue weighted by molar-refractivity contribution is 5.38. The molecule has 1 aromatic carbocycles. The summed E-state index contributed by atoms with van der Waals surface area (Å²) < 4.78 is 5.58. The molecule has 0 unspecified atom stereocenters. The van der Waals surface area contributed by atoms with Crippen LogP contribution in [-0.4, -0.2) is 16.5 Å². The van der Waals surface area contributed by atoms with Gasteiger partial charge in [0.05, 0.1) is 4.92 Å². The molecule has 0 atom stereocenters. The van der Waals surface area contributed by atoms with Crippen molar-refractivity contribution in [3.8, 4) is 5.75 Å². The molecular formula is C14H15N3O3. The van der Waals surface area contributed by atoms with Crippen molar-refractivity contribution < 1.29 is 9.66 Å². The van der Waals surface area contributed by atoms with Gasteiger partial charge in [-0.1, -0.05) is 0 Å². The zero-order valence-electron chi connectivity index (χ0n) is 11.1. The number of nitro groups is 1. The number of non-ortho nitro benzene ring substituents is 1. The van der Waals surface area contributed by atoms with Crippen molar-refractivity contribution in [2.75, 3.05) is 11.9 Å². The number of hydrogen-bond donors (Lipinski definition) is 1. The number of nitro benzene ring substituents is 1. The van der Waals surface area contributed by atoms with Gasteiger partial charge >= 0.3 is 0 Å². The third kappa shape index (κ3) is 3.68. The quantitative estimate of drug-likeness (QED) is 0.646. The molecule has 0 radical (unpaired) electrons. The maximum Gasteiger partial charge on any atom is 0.269 e.